The third-order valence-electron chi connectivity index (χ3n) is 2.32. The number of halogens is 3. The lowest BCUT2D eigenvalue weighted by atomic mass is 10.2. The molecule has 1 aromatic heterocycles. The van der Waals surface area contributed by atoms with Gasteiger partial charge in [-0.2, -0.15) is 0 Å². The molecule has 0 aliphatic heterocycles. The number of nitrogens with zero attached hydrogens (tertiary/aromatic N) is 1. The highest BCUT2D eigenvalue weighted by Crippen LogP contribution is 2.21. The van der Waals surface area contributed by atoms with Crippen molar-refractivity contribution in [3.8, 4) is 0 Å². The van der Waals surface area contributed by atoms with Crippen molar-refractivity contribution in [3.05, 3.63) is 64.8 Å². The fourth-order valence-electron chi connectivity index (χ4n) is 1.43. The number of aromatic amines is 1. The minimum Gasteiger partial charge on any atom is -0.295 e. The topological polar surface area (TPSA) is 54.9 Å². The fraction of sp³-hybridized carbons (Fsp3) is 0.0909. The normalized spacial score (nSPS) is 10.6. The lowest BCUT2D eigenvalue weighted by molar-refractivity contribution is 0.716. The second kappa shape index (κ2) is 5.42. The Morgan fingerprint density at radius 3 is 2.67 bits per heavy atom. The van der Waals surface area contributed by atoms with E-state index in [0.29, 0.717) is 16.0 Å². The van der Waals surface area contributed by atoms with Gasteiger partial charge in [-0.25, -0.2) is 4.79 Å². The van der Waals surface area contributed by atoms with Crippen molar-refractivity contribution < 1.29 is 0 Å². The number of hydrogen-bond donors (Lipinski definition) is 1. The van der Waals surface area contributed by atoms with Crippen LogP contribution in [0.3, 0.4) is 0 Å². The van der Waals surface area contributed by atoms with E-state index in [1.54, 1.807) is 6.07 Å². The maximum absolute atomic E-state index is 11.6. The number of benzene rings is 1. The maximum atomic E-state index is 11.6. The molecular weight excluding hydrogens is 387 g/mol. The van der Waals surface area contributed by atoms with Crippen molar-refractivity contribution >= 4 is 43.5 Å². The second-order valence-corrected chi connectivity index (χ2v) is 5.78. The summed E-state index contributed by atoms with van der Waals surface area (Å²) in [5.74, 6) is 0. The Morgan fingerprint density at radius 1 is 1.28 bits per heavy atom. The first kappa shape index (κ1) is 13.6. The van der Waals surface area contributed by atoms with Gasteiger partial charge in [0.05, 0.1) is 11.0 Å². The van der Waals surface area contributed by atoms with Gasteiger partial charge in [-0.1, -0.05) is 33.6 Å². The van der Waals surface area contributed by atoms with Gasteiger partial charge in [0.15, 0.2) is 0 Å². The van der Waals surface area contributed by atoms with Gasteiger partial charge in [0.2, 0.25) is 0 Å². The minimum atomic E-state index is -0.470. The summed E-state index contributed by atoms with van der Waals surface area (Å²) in [7, 11) is 0. The molecule has 0 aliphatic carbocycles. The quantitative estimate of drug-likeness (QED) is 0.852. The Kier molecular flexibility index (Phi) is 4.09. The predicted molar refractivity (Wildman–Crippen MR) is 77.3 cm³/mol. The minimum absolute atomic E-state index is 0.292. The summed E-state index contributed by atoms with van der Waals surface area (Å²) in [6.45, 7) is 0.292. The van der Waals surface area contributed by atoms with Crippen LogP contribution < -0.4 is 11.2 Å². The standard InChI is InChI=1S/C11H7Br2ClN2O2/c12-7-2-1-6(9(14)3-7)4-16-5-8(13)10(17)15-11(16)18/h1-3,5H,4H2,(H,15,17,18). The Bertz CT molecular complexity index is 709. The molecule has 0 spiro atoms. The summed E-state index contributed by atoms with van der Waals surface area (Å²) in [4.78, 5) is 25.0. The SMILES string of the molecule is O=c1[nH]c(=O)n(Cc2ccc(Br)cc2Cl)cc1Br. The van der Waals surface area contributed by atoms with Crippen LogP contribution in [0, 0.1) is 0 Å². The molecule has 0 aliphatic rings. The molecule has 2 aromatic rings. The highest BCUT2D eigenvalue weighted by molar-refractivity contribution is 9.10. The first-order valence-electron chi connectivity index (χ1n) is 4.90. The third kappa shape index (κ3) is 2.93. The van der Waals surface area contributed by atoms with Crippen LogP contribution in [0.5, 0.6) is 0 Å². The molecule has 0 saturated carbocycles. The molecule has 1 heterocycles. The zero-order valence-electron chi connectivity index (χ0n) is 8.91. The summed E-state index contributed by atoms with van der Waals surface area (Å²) in [6.07, 6.45) is 1.44. The Morgan fingerprint density at radius 2 is 2.00 bits per heavy atom. The van der Waals surface area contributed by atoms with Crippen LogP contribution in [0.4, 0.5) is 0 Å². The molecule has 1 N–H and O–H groups in total. The molecule has 1 aromatic carbocycles. The smallest absolute Gasteiger partial charge is 0.295 e. The zero-order chi connectivity index (χ0) is 13.3. The second-order valence-electron chi connectivity index (χ2n) is 3.60. The predicted octanol–water partition coefficient (Wildman–Crippen LogP) is 2.76. The van der Waals surface area contributed by atoms with Gasteiger partial charge in [-0.05, 0) is 33.6 Å². The highest BCUT2D eigenvalue weighted by Gasteiger charge is 2.06. The molecule has 18 heavy (non-hydrogen) atoms. The van der Waals surface area contributed by atoms with Gasteiger partial charge < -0.3 is 0 Å². The van der Waals surface area contributed by atoms with E-state index in [1.807, 2.05) is 12.1 Å². The largest absolute Gasteiger partial charge is 0.328 e. The first-order chi connectivity index (χ1) is 8.47. The maximum Gasteiger partial charge on any atom is 0.328 e. The van der Waals surface area contributed by atoms with Crippen LogP contribution in [0.15, 0.2) is 42.9 Å². The molecule has 0 unspecified atom stereocenters. The van der Waals surface area contributed by atoms with E-state index in [1.165, 1.54) is 10.8 Å². The van der Waals surface area contributed by atoms with E-state index in [4.69, 9.17) is 11.6 Å². The summed E-state index contributed by atoms with van der Waals surface area (Å²) in [6, 6.07) is 5.41. The number of hydrogen-bond acceptors (Lipinski definition) is 2. The first-order valence-corrected chi connectivity index (χ1v) is 6.87. The van der Waals surface area contributed by atoms with Gasteiger partial charge >= 0.3 is 5.69 Å². The van der Waals surface area contributed by atoms with Crippen LogP contribution in [-0.4, -0.2) is 9.55 Å². The van der Waals surface area contributed by atoms with Crippen LogP contribution in [0.2, 0.25) is 5.02 Å². The molecule has 2 rings (SSSR count). The number of nitrogens with one attached hydrogen (secondary N) is 1. The van der Waals surface area contributed by atoms with Crippen LogP contribution in [-0.2, 0) is 6.54 Å². The number of H-pyrrole nitrogens is 1. The highest BCUT2D eigenvalue weighted by atomic mass is 79.9. The molecule has 0 fully saturated rings. The monoisotopic (exact) mass is 392 g/mol. The zero-order valence-corrected chi connectivity index (χ0v) is 12.8. The van der Waals surface area contributed by atoms with Crippen molar-refractivity contribution in [2.45, 2.75) is 6.54 Å². The average molecular weight is 394 g/mol. The lowest BCUT2D eigenvalue weighted by Gasteiger charge is -2.07. The molecule has 7 heteroatoms. The van der Waals surface area contributed by atoms with Crippen molar-refractivity contribution in [2.75, 3.05) is 0 Å². The average Bonchev–Trinajstić information content (AvgIpc) is 2.29. The van der Waals surface area contributed by atoms with Gasteiger partial charge in [0, 0.05) is 15.7 Å². The number of rotatable bonds is 2. The Balaban J connectivity index is 2.43. The fourth-order valence-corrected chi connectivity index (χ4v) is 2.51. The van der Waals surface area contributed by atoms with E-state index < -0.39 is 11.2 Å². The van der Waals surface area contributed by atoms with Gasteiger partial charge in [-0.15, -0.1) is 0 Å². The van der Waals surface area contributed by atoms with Gasteiger partial charge in [-0.3, -0.25) is 14.3 Å². The molecule has 0 bridgehead atoms. The van der Waals surface area contributed by atoms with Crippen LogP contribution in [0.1, 0.15) is 5.56 Å². The van der Waals surface area contributed by atoms with Gasteiger partial charge in [0.25, 0.3) is 5.56 Å². The van der Waals surface area contributed by atoms with Crippen LogP contribution >= 0.6 is 43.5 Å². The molecular formula is C11H7Br2ClN2O2. The van der Waals surface area contributed by atoms with Crippen molar-refractivity contribution in [2.24, 2.45) is 0 Å². The summed E-state index contributed by atoms with van der Waals surface area (Å²) in [5, 5.41) is 0.554. The summed E-state index contributed by atoms with van der Waals surface area (Å²) in [5.41, 5.74) is -0.124. The van der Waals surface area contributed by atoms with E-state index in [0.717, 1.165) is 10.0 Å². The Hall–Kier alpha value is -0.850. The molecule has 0 atom stereocenters. The van der Waals surface area contributed by atoms with Crippen molar-refractivity contribution in [1.82, 2.24) is 9.55 Å². The number of aromatic nitrogens is 2. The van der Waals surface area contributed by atoms with E-state index in [2.05, 4.69) is 36.8 Å². The molecule has 0 saturated heterocycles. The van der Waals surface area contributed by atoms with Gasteiger partial charge in [0.1, 0.15) is 0 Å². The molecule has 0 amide bonds. The summed E-state index contributed by atoms with van der Waals surface area (Å²) < 4.78 is 2.54. The lowest BCUT2D eigenvalue weighted by Crippen LogP contribution is -2.30. The van der Waals surface area contributed by atoms with E-state index in [-0.39, 0.29) is 0 Å². The van der Waals surface area contributed by atoms with E-state index >= 15 is 0 Å². The summed E-state index contributed by atoms with van der Waals surface area (Å²) >= 11 is 12.5. The molecule has 94 valence electrons. The molecule has 0 radical (unpaired) electrons. The third-order valence-corrected chi connectivity index (χ3v) is 3.73. The van der Waals surface area contributed by atoms with E-state index in [9.17, 15) is 9.59 Å². The molecule has 4 nitrogen and oxygen atoms in total. The van der Waals surface area contributed by atoms with Crippen LogP contribution in [0.25, 0.3) is 0 Å². The Labute approximate surface area is 124 Å². The van der Waals surface area contributed by atoms with Crippen molar-refractivity contribution in [1.29, 1.82) is 0 Å². The van der Waals surface area contributed by atoms with Crippen molar-refractivity contribution in [3.63, 3.8) is 0 Å².